The lowest BCUT2D eigenvalue weighted by Gasteiger charge is -2.12. The van der Waals surface area contributed by atoms with Crippen LogP contribution in [-0.4, -0.2) is 31.8 Å². The van der Waals surface area contributed by atoms with Crippen molar-refractivity contribution in [1.29, 1.82) is 0 Å². The number of nitrogens with one attached hydrogen (secondary N) is 1. The highest BCUT2D eigenvalue weighted by molar-refractivity contribution is 5.98. The van der Waals surface area contributed by atoms with Crippen molar-refractivity contribution in [1.82, 2.24) is 4.98 Å². The van der Waals surface area contributed by atoms with Crippen LogP contribution in [0, 0.1) is 0 Å². The maximum Gasteiger partial charge on any atom is 0.162 e. The number of aromatic nitrogens is 1. The van der Waals surface area contributed by atoms with Gasteiger partial charge in [0.2, 0.25) is 0 Å². The van der Waals surface area contributed by atoms with Crippen molar-refractivity contribution in [2.24, 2.45) is 0 Å². The Labute approximate surface area is 99.5 Å². The summed E-state index contributed by atoms with van der Waals surface area (Å²) in [5.41, 5.74) is 2.48. The molecule has 0 aliphatic rings. The molecule has 17 heavy (non-hydrogen) atoms. The highest BCUT2D eigenvalue weighted by Gasteiger charge is 2.14. The van der Waals surface area contributed by atoms with Gasteiger partial charge in [0.1, 0.15) is 0 Å². The van der Waals surface area contributed by atoms with Gasteiger partial charge < -0.3 is 14.5 Å². The fourth-order valence-corrected chi connectivity index (χ4v) is 1.94. The molecule has 0 radical (unpaired) electrons. The van der Waals surface area contributed by atoms with Crippen LogP contribution < -0.4 is 0 Å². The maximum absolute atomic E-state index is 11.2. The van der Waals surface area contributed by atoms with Gasteiger partial charge in [-0.25, -0.2) is 0 Å². The third-order valence-electron chi connectivity index (χ3n) is 2.84. The summed E-state index contributed by atoms with van der Waals surface area (Å²) in [6.45, 7) is 0. The quantitative estimate of drug-likeness (QED) is 0.636. The Morgan fingerprint density at radius 3 is 2.65 bits per heavy atom. The Morgan fingerprint density at radius 2 is 2.00 bits per heavy atom. The number of carbonyl (C=O) groups is 1. The maximum atomic E-state index is 11.2. The van der Waals surface area contributed by atoms with Crippen LogP contribution in [-0.2, 0) is 15.9 Å². The smallest absolute Gasteiger partial charge is 0.162 e. The number of aldehydes is 1. The minimum atomic E-state index is -0.346. The van der Waals surface area contributed by atoms with E-state index in [9.17, 15) is 4.79 Å². The zero-order valence-electron chi connectivity index (χ0n) is 9.90. The molecule has 0 aliphatic carbocycles. The number of carbonyl (C=O) groups excluding carboxylic acids is 1. The van der Waals surface area contributed by atoms with Crippen molar-refractivity contribution in [3.05, 3.63) is 35.5 Å². The Kier molecular flexibility index (Phi) is 3.56. The molecule has 0 aliphatic heterocycles. The van der Waals surface area contributed by atoms with Gasteiger partial charge in [-0.2, -0.15) is 0 Å². The first-order valence-electron chi connectivity index (χ1n) is 5.40. The van der Waals surface area contributed by atoms with Crippen LogP contribution in [0.5, 0.6) is 0 Å². The largest absolute Gasteiger partial charge is 0.358 e. The van der Waals surface area contributed by atoms with E-state index in [1.165, 1.54) is 0 Å². The molecule has 1 aromatic carbocycles. The average molecular weight is 233 g/mol. The van der Waals surface area contributed by atoms with E-state index < -0.39 is 0 Å². The molecular formula is C13H15NO3. The van der Waals surface area contributed by atoms with E-state index in [1.807, 2.05) is 24.3 Å². The summed E-state index contributed by atoms with van der Waals surface area (Å²) in [7, 11) is 3.16. The minimum Gasteiger partial charge on any atom is -0.358 e. The van der Waals surface area contributed by atoms with E-state index >= 15 is 0 Å². The minimum absolute atomic E-state index is 0.346. The third kappa shape index (κ3) is 2.23. The fourth-order valence-electron chi connectivity index (χ4n) is 1.94. The zero-order valence-corrected chi connectivity index (χ0v) is 9.90. The molecule has 90 valence electrons. The number of hydrogen-bond donors (Lipinski definition) is 1. The molecule has 0 saturated carbocycles. The summed E-state index contributed by atoms with van der Waals surface area (Å²) in [6, 6.07) is 7.71. The van der Waals surface area contributed by atoms with Gasteiger partial charge in [-0.1, -0.05) is 18.2 Å². The van der Waals surface area contributed by atoms with Gasteiger partial charge in [0.15, 0.2) is 12.6 Å². The molecule has 0 fully saturated rings. The molecule has 0 bridgehead atoms. The standard InChI is InChI=1S/C13H15NO3/c1-16-13(17-2)7-12-10(8-15)9-5-3-4-6-11(9)14-12/h3-6,8,13-14H,7H2,1-2H3. The third-order valence-corrected chi connectivity index (χ3v) is 2.84. The van der Waals surface area contributed by atoms with Crippen molar-refractivity contribution in [3.8, 4) is 0 Å². The monoisotopic (exact) mass is 233 g/mol. The Balaban J connectivity index is 2.42. The van der Waals surface area contributed by atoms with Gasteiger partial charge in [-0.15, -0.1) is 0 Å². The van der Waals surface area contributed by atoms with Gasteiger partial charge in [-0.05, 0) is 6.07 Å². The predicted molar refractivity (Wildman–Crippen MR) is 65.2 cm³/mol. The second-order valence-corrected chi connectivity index (χ2v) is 3.79. The number of benzene rings is 1. The van der Waals surface area contributed by atoms with Crippen LogP contribution in [0.25, 0.3) is 10.9 Å². The Morgan fingerprint density at radius 1 is 1.29 bits per heavy atom. The van der Waals surface area contributed by atoms with E-state index in [2.05, 4.69) is 4.98 Å². The highest BCUT2D eigenvalue weighted by atomic mass is 16.7. The summed E-state index contributed by atoms with van der Waals surface area (Å²) in [6.07, 6.45) is 1.05. The van der Waals surface area contributed by atoms with Crippen molar-refractivity contribution in [3.63, 3.8) is 0 Å². The van der Waals surface area contributed by atoms with Crippen molar-refractivity contribution < 1.29 is 14.3 Å². The lowest BCUT2D eigenvalue weighted by molar-refractivity contribution is -0.101. The SMILES string of the molecule is COC(Cc1[nH]c2ccccc2c1C=O)OC. The molecule has 1 N–H and O–H groups in total. The van der Waals surface area contributed by atoms with Gasteiger partial charge >= 0.3 is 0 Å². The van der Waals surface area contributed by atoms with E-state index in [0.29, 0.717) is 12.0 Å². The normalized spacial score (nSPS) is 11.2. The van der Waals surface area contributed by atoms with Crippen molar-refractivity contribution in [2.45, 2.75) is 12.7 Å². The Bertz CT molecular complexity index is 514. The molecule has 2 aromatic rings. The second-order valence-electron chi connectivity index (χ2n) is 3.79. The highest BCUT2D eigenvalue weighted by Crippen LogP contribution is 2.22. The van der Waals surface area contributed by atoms with Gasteiger partial charge in [0, 0.05) is 42.8 Å². The topological polar surface area (TPSA) is 51.3 Å². The molecule has 4 nitrogen and oxygen atoms in total. The average Bonchev–Trinajstić information content (AvgIpc) is 2.72. The van der Waals surface area contributed by atoms with Gasteiger partial charge in [-0.3, -0.25) is 4.79 Å². The lowest BCUT2D eigenvalue weighted by Crippen LogP contribution is -2.17. The Hall–Kier alpha value is -1.65. The van der Waals surface area contributed by atoms with Crippen molar-refractivity contribution >= 4 is 17.2 Å². The summed E-state index contributed by atoms with van der Waals surface area (Å²) in [5, 5.41) is 0.934. The molecule has 1 heterocycles. The number of rotatable bonds is 5. The summed E-state index contributed by atoms with van der Waals surface area (Å²) in [5.74, 6) is 0. The second kappa shape index (κ2) is 5.12. The van der Waals surface area contributed by atoms with Crippen LogP contribution in [0.15, 0.2) is 24.3 Å². The molecule has 2 rings (SSSR count). The first-order chi connectivity index (χ1) is 8.30. The summed E-state index contributed by atoms with van der Waals surface area (Å²) in [4.78, 5) is 14.4. The number of aromatic amines is 1. The van der Waals surface area contributed by atoms with Crippen LogP contribution >= 0.6 is 0 Å². The predicted octanol–water partition coefficient (Wildman–Crippen LogP) is 2.14. The fraction of sp³-hybridized carbons (Fsp3) is 0.308. The zero-order chi connectivity index (χ0) is 12.3. The summed E-state index contributed by atoms with van der Waals surface area (Å²) < 4.78 is 10.3. The molecule has 0 saturated heterocycles. The van der Waals surface area contributed by atoms with Crippen molar-refractivity contribution in [2.75, 3.05) is 14.2 Å². The van der Waals surface area contributed by atoms with Crippen LogP contribution in [0.4, 0.5) is 0 Å². The number of ether oxygens (including phenoxy) is 2. The number of hydrogen-bond acceptors (Lipinski definition) is 3. The molecule has 1 aromatic heterocycles. The number of fused-ring (bicyclic) bond motifs is 1. The molecule has 0 unspecified atom stereocenters. The molecular weight excluding hydrogens is 218 g/mol. The van der Waals surface area contributed by atoms with Gasteiger partial charge in [0.25, 0.3) is 0 Å². The van der Waals surface area contributed by atoms with E-state index in [0.717, 1.165) is 22.9 Å². The van der Waals surface area contributed by atoms with E-state index in [4.69, 9.17) is 9.47 Å². The number of para-hydroxylation sites is 1. The van der Waals surface area contributed by atoms with Gasteiger partial charge in [0.05, 0.1) is 0 Å². The summed E-state index contributed by atoms with van der Waals surface area (Å²) >= 11 is 0. The molecule has 0 amide bonds. The molecule has 0 spiro atoms. The first-order valence-corrected chi connectivity index (χ1v) is 5.40. The van der Waals surface area contributed by atoms with Crippen LogP contribution in [0.2, 0.25) is 0 Å². The lowest BCUT2D eigenvalue weighted by atomic mass is 10.1. The van der Waals surface area contributed by atoms with Crippen LogP contribution in [0.3, 0.4) is 0 Å². The first kappa shape index (κ1) is 11.8. The molecule has 0 atom stereocenters. The number of H-pyrrole nitrogens is 1. The van der Waals surface area contributed by atoms with E-state index in [-0.39, 0.29) is 6.29 Å². The van der Waals surface area contributed by atoms with E-state index in [1.54, 1.807) is 14.2 Å². The molecule has 4 heteroatoms. The number of methoxy groups -OCH3 is 2. The van der Waals surface area contributed by atoms with Crippen LogP contribution in [0.1, 0.15) is 16.1 Å².